The van der Waals surface area contributed by atoms with Gasteiger partial charge in [-0.2, -0.15) is 0 Å². The van der Waals surface area contributed by atoms with Crippen molar-refractivity contribution in [1.82, 2.24) is 4.98 Å². The van der Waals surface area contributed by atoms with Gasteiger partial charge >= 0.3 is 5.97 Å². The summed E-state index contributed by atoms with van der Waals surface area (Å²) in [5.41, 5.74) is 0.493. The summed E-state index contributed by atoms with van der Waals surface area (Å²) in [6, 6.07) is 6.17. The number of nitrogens with zero attached hydrogens (tertiary/aromatic N) is 2. The molecule has 35 heavy (non-hydrogen) atoms. The molecule has 9 nitrogen and oxygen atoms in total. The van der Waals surface area contributed by atoms with Crippen molar-refractivity contribution in [2.24, 2.45) is 5.16 Å². The predicted molar refractivity (Wildman–Crippen MR) is 135 cm³/mol. The fourth-order valence-electron chi connectivity index (χ4n) is 3.59. The van der Waals surface area contributed by atoms with Gasteiger partial charge in [0.15, 0.2) is 20.7 Å². The Morgan fingerprint density at radius 3 is 2.54 bits per heavy atom. The number of carbonyl (C=O) groups is 2. The summed E-state index contributed by atoms with van der Waals surface area (Å²) in [6.45, 7) is 2.07. The molecule has 0 saturated heterocycles. The minimum Gasteiger partial charge on any atom is -0.465 e. The first kappa shape index (κ1) is 25.6. The molecule has 0 atom stereocenters. The third kappa shape index (κ3) is 6.83. The molecule has 2 saturated carbocycles. The van der Waals surface area contributed by atoms with Crippen LogP contribution in [0, 0.1) is 0 Å². The standard InChI is InChI=1S/C23H27N3O6S3/c1-2-31-19(27)14-33-20-13-24-23(34-20)25-22(28)21(26-32-16-5-3-4-6-16)15-7-9-17(10-8-15)35(29,30)18-11-12-18/h7-10,13,16,18H,2-6,11-12,14H2,1H3,(H,24,25,28)/b26-21+. The van der Waals surface area contributed by atoms with Gasteiger partial charge in [0, 0.05) is 5.56 Å². The maximum Gasteiger partial charge on any atom is 0.316 e. The first-order valence-corrected chi connectivity index (χ1v) is 14.9. The summed E-state index contributed by atoms with van der Waals surface area (Å²) in [6.07, 6.45) is 6.77. The lowest BCUT2D eigenvalue weighted by Crippen LogP contribution is -2.25. The Kier molecular flexibility index (Phi) is 8.45. The van der Waals surface area contributed by atoms with Crippen LogP contribution in [-0.2, 0) is 29.0 Å². The molecule has 0 aliphatic heterocycles. The van der Waals surface area contributed by atoms with Crippen LogP contribution in [0.2, 0.25) is 0 Å². The van der Waals surface area contributed by atoms with Crippen molar-refractivity contribution in [3.05, 3.63) is 36.0 Å². The highest BCUT2D eigenvalue weighted by atomic mass is 32.2. The minimum atomic E-state index is -3.33. The minimum absolute atomic E-state index is 0.0435. The van der Waals surface area contributed by atoms with Crippen molar-refractivity contribution >= 4 is 55.7 Å². The number of amides is 1. The molecular formula is C23H27N3O6S3. The Bertz CT molecular complexity index is 1180. The zero-order chi connectivity index (χ0) is 24.8. The average Bonchev–Trinajstić information content (AvgIpc) is 3.41. The number of thioether (sulfide) groups is 1. The van der Waals surface area contributed by atoms with Crippen LogP contribution in [0.5, 0.6) is 0 Å². The molecule has 2 aliphatic rings. The van der Waals surface area contributed by atoms with E-state index in [0.717, 1.165) is 29.9 Å². The van der Waals surface area contributed by atoms with Gasteiger partial charge in [-0.05, 0) is 57.6 Å². The molecule has 0 radical (unpaired) electrons. The lowest BCUT2D eigenvalue weighted by atomic mass is 10.1. The van der Waals surface area contributed by atoms with Gasteiger partial charge in [0.1, 0.15) is 6.10 Å². The molecule has 12 heteroatoms. The van der Waals surface area contributed by atoms with Gasteiger partial charge in [0.25, 0.3) is 5.91 Å². The van der Waals surface area contributed by atoms with Crippen molar-refractivity contribution in [3.63, 3.8) is 0 Å². The molecule has 0 unspecified atom stereocenters. The van der Waals surface area contributed by atoms with Gasteiger partial charge in [0.2, 0.25) is 0 Å². The topological polar surface area (TPSA) is 124 Å². The van der Waals surface area contributed by atoms with Gasteiger partial charge < -0.3 is 9.57 Å². The molecule has 2 aromatic rings. The number of hydrogen-bond acceptors (Lipinski definition) is 10. The normalized spacial score (nSPS) is 16.8. The average molecular weight is 538 g/mol. The fourth-order valence-corrected chi connectivity index (χ4v) is 6.91. The van der Waals surface area contributed by atoms with Gasteiger partial charge in [-0.25, -0.2) is 13.4 Å². The van der Waals surface area contributed by atoms with E-state index < -0.39 is 15.7 Å². The van der Waals surface area contributed by atoms with Crippen LogP contribution in [0.25, 0.3) is 0 Å². The van der Waals surface area contributed by atoms with Crippen molar-refractivity contribution < 1.29 is 27.6 Å². The number of ether oxygens (including phenoxy) is 1. The van der Waals surface area contributed by atoms with Crippen LogP contribution in [0.3, 0.4) is 0 Å². The molecule has 1 heterocycles. The van der Waals surface area contributed by atoms with Gasteiger partial charge in [0.05, 0.1) is 32.9 Å². The Morgan fingerprint density at radius 2 is 1.89 bits per heavy atom. The number of nitrogens with one attached hydrogen (secondary N) is 1. The smallest absolute Gasteiger partial charge is 0.316 e. The Labute approximate surface area is 212 Å². The van der Waals surface area contributed by atoms with Crippen molar-refractivity contribution in [3.8, 4) is 0 Å². The molecule has 4 rings (SSSR count). The number of benzene rings is 1. The summed E-state index contributed by atoms with van der Waals surface area (Å²) < 4.78 is 30.7. The van der Waals surface area contributed by atoms with Crippen LogP contribution >= 0.6 is 23.1 Å². The van der Waals surface area contributed by atoms with E-state index in [9.17, 15) is 18.0 Å². The van der Waals surface area contributed by atoms with E-state index in [1.165, 1.54) is 35.2 Å². The number of hydrogen-bond donors (Lipinski definition) is 1. The molecule has 2 fully saturated rings. The van der Waals surface area contributed by atoms with Crippen LogP contribution < -0.4 is 5.32 Å². The number of anilines is 1. The highest BCUT2D eigenvalue weighted by Crippen LogP contribution is 2.33. The number of oxime groups is 1. The quantitative estimate of drug-likeness (QED) is 0.197. The molecule has 1 aromatic carbocycles. The summed E-state index contributed by atoms with van der Waals surface area (Å²) in [4.78, 5) is 34.8. The fraction of sp³-hybridized carbons (Fsp3) is 0.478. The molecule has 2 aliphatic carbocycles. The van der Waals surface area contributed by atoms with E-state index in [1.807, 2.05) is 0 Å². The number of rotatable bonds is 11. The van der Waals surface area contributed by atoms with Crippen molar-refractivity contribution in [1.29, 1.82) is 0 Å². The zero-order valence-corrected chi connectivity index (χ0v) is 21.7. The number of esters is 1. The highest BCUT2D eigenvalue weighted by Gasteiger charge is 2.36. The Balaban J connectivity index is 1.48. The lowest BCUT2D eigenvalue weighted by molar-refractivity contribution is -0.139. The Morgan fingerprint density at radius 1 is 1.17 bits per heavy atom. The van der Waals surface area contributed by atoms with Crippen molar-refractivity contribution in [2.75, 3.05) is 17.7 Å². The van der Waals surface area contributed by atoms with Crippen molar-refractivity contribution in [2.45, 2.75) is 65.9 Å². The maximum absolute atomic E-state index is 13.1. The number of carbonyl (C=O) groups excluding carboxylic acids is 2. The molecule has 1 N–H and O–H groups in total. The number of aromatic nitrogens is 1. The van der Waals surface area contributed by atoms with Crippen LogP contribution in [0.15, 0.2) is 44.7 Å². The second kappa shape index (κ2) is 11.5. The monoisotopic (exact) mass is 537 g/mol. The molecule has 188 valence electrons. The molecule has 0 bridgehead atoms. The molecule has 1 aromatic heterocycles. The van der Waals surface area contributed by atoms with Gasteiger partial charge in [-0.15, -0.1) is 11.8 Å². The third-order valence-electron chi connectivity index (χ3n) is 5.57. The number of sulfone groups is 1. The first-order valence-electron chi connectivity index (χ1n) is 11.5. The van der Waals surface area contributed by atoms with E-state index in [4.69, 9.17) is 9.57 Å². The van der Waals surface area contributed by atoms with Crippen LogP contribution in [-0.4, -0.2) is 54.7 Å². The second-order valence-electron chi connectivity index (χ2n) is 8.25. The largest absolute Gasteiger partial charge is 0.465 e. The highest BCUT2D eigenvalue weighted by molar-refractivity contribution is 8.01. The van der Waals surface area contributed by atoms with E-state index in [1.54, 1.807) is 25.3 Å². The Hall–Kier alpha value is -2.44. The first-order chi connectivity index (χ1) is 16.9. The summed E-state index contributed by atoms with van der Waals surface area (Å²) in [7, 11) is -3.33. The molecular weight excluding hydrogens is 510 g/mol. The van der Waals surface area contributed by atoms with E-state index in [-0.39, 0.29) is 33.7 Å². The van der Waals surface area contributed by atoms with Gasteiger partial charge in [-0.1, -0.05) is 28.6 Å². The predicted octanol–water partition coefficient (Wildman–Crippen LogP) is 4.04. The molecule has 1 amide bonds. The van der Waals surface area contributed by atoms with Crippen LogP contribution in [0.4, 0.5) is 5.13 Å². The second-order valence-corrected chi connectivity index (χ2v) is 12.8. The third-order valence-corrected chi connectivity index (χ3v) is 9.93. The summed E-state index contributed by atoms with van der Waals surface area (Å²) >= 11 is 2.51. The lowest BCUT2D eigenvalue weighted by Gasteiger charge is -2.11. The van der Waals surface area contributed by atoms with E-state index >= 15 is 0 Å². The molecule has 0 spiro atoms. The van der Waals surface area contributed by atoms with Gasteiger partial charge in [-0.3, -0.25) is 14.9 Å². The van der Waals surface area contributed by atoms with Crippen LogP contribution in [0.1, 0.15) is 51.0 Å². The van der Waals surface area contributed by atoms with E-state index in [0.29, 0.717) is 30.1 Å². The number of thiazole rings is 1. The summed E-state index contributed by atoms with van der Waals surface area (Å²) in [5, 5.41) is 6.94. The maximum atomic E-state index is 13.1. The van der Waals surface area contributed by atoms with E-state index in [2.05, 4.69) is 15.5 Å². The zero-order valence-electron chi connectivity index (χ0n) is 19.3. The summed E-state index contributed by atoms with van der Waals surface area (Å²) in [5.74, 6) is -0.680. The SMILES string of the molecule is CCOC(=O)CSc1cnc(NC(=O)/C(=N/OC2CCCC2)c2ccc(S(=O)(=O)C3CC3)cc2)s1.